The number of hydrogen-bond donors (Lipinski definition) is 1. The topological polar surface area (TPSA) is 94.6 Å². The number of rotatable bonds is 7. The van der Waals surface area contributed by atoms with Gasteiger partial charge in [-0.1, -0.05) is 11.3 Å². The van der Waals surface area contributed by atoms with E-state index in [-0.39, 0.29) is 12.0 Å². The first kappa shape index (κ1) is 22.0. The maximum Gasteiger partial charge on any atom is 0.258 e. The fourth-order valence-electron chi connectivity index (χ4n) is 4.65. The minimum atomic E-state index is -2.55. The third-order valence-electron chi connectivity index (χ3n) is 6.54. The molecule has 1 aromatic carbocycles. The smallest absolute Gasteiger partial charge is 0.258 e. The highest BCUT2D eigenvalue weighted by Crippen LogP contribution is 2.33. The number of aromatic nitrogens is 6. The van der Waals surface area contributed by atoms with Gasteiger partial charge in [0.15, 0.2) is 0 Å². The van der Waals surface area contributed by atoms with Crippen molar-refractivity contribution >= 4 is 22.5 Å². The molecule has 0 radical (unpaired) electrons. The van der Waals surface area contributed by atoms with Gasteiger partial charge in [0.05, 0.1) is 37.9 Å². The highest BCUT2D eigenvalue weighted by Gasteiger charge is 2.39. The standard InChI is InChI=1S/C22H23F3N8O2/c1-34-21-20-14(12-2-3-16-18(6-12)33(30-28-16)9-19(24)25)4-5-32(20)29-22(27-21)26-17-8-31(7-15(17)23)13-10-35-11-13/h2-6,13,15,17,19H,7-11H2,1H3,(H,26,29)/t15-,17+/m1/s1. The zero-order chi connectivity index (χ0) is 24.1. The third kappa shape index (κ3) is 3.93. The lowest BCUT2D eigenvalue weighted by Crippen LogP contribution is -2.48. The van der Waals surface area contributed by atoms with Crippen molar-refractivity contribution in [1.82, 2.24) is 34.5 Å². The minimum Gasteiger partial charge on any atom is -0.479 e. The van der Waals surface area contributed by atoms with E-state index in [0.717, 1.165) is 11.1 Å². The molecule has 0 saturated carbocycles. The molecule has 0 spiro atoms. The van der Waals surface area contributed by atoms with Gasteiger partial charge in [-0.3, -0.25) is 4.90 Å². The van der Waals surface area contributed by atoms with Crippen LogP contribution in [0.5, 0.6) is 5.88 Å². The molecule has 3 aromatic heterocycles. The van der Waals surface area contributed by atoms with E-state index >= 15 is 0 Å². The van der Waals surface area contributed by atoms with Crippen LogP contribution in [0.15, 0.2) is 30.5 Å². The molecule has 0 unspecified atom stereocenters. The van der Waals surface area contributed by atoms with Gasteiger partial charge in [-0.25, -0.2) is 22.4 Å². The van der Waals surface area contributed by atoms with E-state index in [1.165, 1.54) is 11.8 Å². The van der Waals surface area contributed by atoms with Crippen molar-refractivity contribution in [3.8, 4) is 17.0 Å². The van der Waals surface area contributed by atoms with Gasteiger partial charge in [0.25, 0.3) is 6.43 Å². The molecule has 2 saturated heterocycles. The Balaban J connectivity index is 1.32. The maximum absolute atomic E-state index is 14.7. The second-order valence-electron chi connectivity index (χ2n) is 8.75. The zero-order valence-corrected chi connectivity index (χ0v) is 18.8. The average molecular weight is 488 g/mol. The van der Waals surface area contributed by atoms with Crippen LogP contribution in [0, 0.1) is 0 Å². The number of hydrogen-bond acceptors (Lipinski definition) is 8. The maximum atomic E-state index is 14.7. The number of halogens is 3. The van der Waals surface area contributed by atoms with Crippen LogP contribution in [0.2, 0.25) is 0 Å². The second-order valence-corrected chi connectivity index (χ2v) is 8.75. The summed E-state index contributed by atoms with van der Waals surface area (Å²) in [5.74, 6) is 0.560. The van der Waals surface area contributed by atoms with Crippen LogP contribution in [-0.2, 0) is 11.3 Å². The van der Waals surface area contributed by atoms with Crippen molar-refractivity contribution in [2.24, 2.45) is 0 Å². The molecule has 35 heavy (non-hydrogen) atoms. The van der Waals surface area contributed by atoms with E-state index in [9.17, 15) is 13.2 Å². The van der Waals surface area contributed by atoms with E-state index in [1.54, 1.807) is 22.8 Å². The van der Waals surface area contributed by atoms with Crippen LogP contribution in [0.4, 0.5) is 19.1 Å². The molecule has 0 bridgehead atoms. The number of fused-ring (bicyclic) bond motifs is 2. The molecule has 13 heteroatoms. The van der Waals surface area contributed by atoms with Crippen molar-refractivity contribution < 1.29 is 22.6 Å². The summed E-state index contributed by atoms with van der Waals surface area (Å²) in [5, 5.41) is 15.4. The van der Waals surface area contributed by atoms with Crippen molar-refractivity contribution in [2.45, 2.75) is 31.2 Å². The third-order valence-corrected chi connectivity index (χ3v) is 6.54. The fraction of sp³-hybridized carbons (Fsp3) is 0.455. The van der Waals surface area contributed by atoms with E-state index in [4.69, 9.17) is 9.47 Å². The number of benzene rings is 1. The predicted octanol–water partition coefficient (Wildman–Crippen LogP) is 2.25. The first-order chi connectivity index (χ1) is 17.0. The molecule has 2 aliphatic rings. The molecule has 0 amide bonds. The van der Waals surface area contributed by atoms with E-state index in [1.807, 2.05) is 12.1 Å². The quantitative estimate of drug-likeness (QED) is 0.424. The van der Waals surface area contributed by atoms with Gasteiger partial charge < -0.3 is 14.8 Å². The van der Waals surface area contributed by atoms with Crippen LogP contribution < -0.4 is 10.1 Å². The van der Waals surface area contributed by atoms with Crippen molar-refractivity contribution in [3.63, 3.8) is 0 Å². The summed E-state index contributed by atoms with van der Waals surface area (Å²) in [7, 11) is 1.50. The Kier molecular flexibility index (Phi) is 5.44. The molecule has 184 valence electrons. The van der Waals surface area contributed by atoms with Crippen LogP contribution >= 0.6 is 0 Å². The Bertz CT molecular complexity index is 1370. The van der Waals surface area contributed by atoms with Gasteiger partial charge in [-0.05, 0) is 23.8 Å². The Labute approximate surface area is 197 Å². The molecule has 10 nitrogen and oxygen atoms in total. The lowest BCUT2D eigenvalue weighted by molar-refractivity contribution is -0.0585. The Morgan fingerprint density at radius 2 is 2.09 bits per heavy atom. The lowest BCUT2D eigenvalue weighted by atomic mass is 10.1. The van der Waals surface area contributed by atoms with Gasteiger partial charge >= 0.3 is 0 Å². The van der Waals surface area contributed by atoms with Gasteiger partial charge in [0.2, 0.25) is 11.8 Å². The van der Waals surface area contributed by atoms with E-state index in [2.05, 4.69) is 30.6 Å². The highest BCUT2D eigenvalue weighted by atomic mass is 19.3. The number of nitrogens with one attached hydrogen (secondary N) is 1. The normalized spacial score (nSPS) is 21.3. The van der Waals surface area contributed by atoms with Crippen molar-refractivity contribution in [3.05, 3.63) is 30.5 Å². The van der Waals surface area contributed by atoms with Crippen LogP contribution in [0.3, 0.4) is 0 Å². The van der Waals surface area contributed by atoms with Crippen LogP contribution in [-0.4, -0.2) is 92.6 Å². The molecule has 6 rings (SSSR count). The molecule has 2 atom stereocenters. The summed E-state index contributed by atoms with van der Waals surface area (Å²) < 4.78 is 54.1. The zero-order valence-electron chi connectivity index (χ0n) is 18.8. The number of ether oxygens (including phenoxy) is 2. The summed E-state index contributed by atoms with van der Waals surface area (Å²) in [6.45, 7) is 1.60. The summed E-state index contributed by atoms with van der Waals surface area (Å²) >= 11 is 0. The number of methoxy groups -OCH3 is 1. The van der Waals surface area contributed by atoms with Gasteiger partial charge in [-0.2, -0.15) is 4.98 Å². The van der Waals surface area contributed by atoms with Gasteiger partial charge in [0.1, 0.15) is 23.7 Å². The predicted molar refractivity (Wildman–Crippen MR) is 121 cm³/mol. The minimum absolute atomic E-state index is 0.255. The Hall–Kier alpha value is -3.45. The van der Waals surface area contributed by atoms with E-state index in [0.29, 0.717) is 48.7 Å². The molecular weight excluding hydrogens is 465 g/mol. The molecule has 4 aromatic rings. The second kappa shape index (κ2) is 8.64. The van der Waals surface area contributed by atoms with Crippen molar-refractivity contribution in [2.75, 3.05) is 38.7 Å². The van der Waals surface area contributed by atoms with Gasteiger partial charge in [0, 0.05) is 24.8 Å². The van der Waals surface area contributed by atoms with E-state index < -0.39 is 25.2 Å². The fourth-order valence-corrected chi connectivity index (χ4v) is 4.65. The largest absolute Gasteiger partial charge is 0.479 e. The Morgan fingerprint density at radius 3 is 2.83 bits per heavy atom. The number of alkyl halides is 3. The van der Waals surface area contributed by atoms with Gasteiger partial charge in [-0.15, -0.1) is 10.2 Å². The van der Waals surface area contributed by atoms with Crippen LogP contribution in [0.25, 0.3) is 27.7 Å². The first-order valence-corrected chi connectivity index (χ1v) is 11.3. The highest BCUT2D eigenvalue weighted by molar-refractivity contribution is 5.89. The molecule has 5 heterocycles. The molecule has 2 fully saturated rings. The Morgan fingerprint density at radius 1 is 1.23 bits per heavy atom. The first-order valence-electron chi connectivity index (χ1n) is 11.3. The summed E-state index contributed by atoms with van der Waals surface area (Å²) in [6, 6.07) is 6.96. The summed E-state index contributed by atoms with van der Waals surface area (Å²) in [4.78, 5) is 6.57. The monoisotopic (exact) mass is 488 g/mol. The molecule has 0 aliphatic carbocycles. The number of likely N-dealkylation sites (tertiary alicyclic amines) is 1. The SMILES string of the molecule is COc1nc(N[C@H]2CN(C3COC3)C[C@H]2F)nn2ccc(-c3ccc4nnn(CC(F)F)c4c3)c12. The lowest BCUT2D eigenvalue weighted by Gasteiger charge is -2.34. The molecule has 2 aliphatic heterocycles. The molecule has 1 N–H and O–H groups in total. The number of nitrogens with zero attached hydrogens (tertiary/aromatic N) is 7. The average Bonchev–Trinajstić information content (AvgIpc) is 3.49. The van der Waals surface area contributed by atoms with Crippen LogP contribution in [0.1, 0.15) is 0 Å². The summed E-state index contributed by atoms with van der Waals surface area (Å²) in [6.07, 6.45) is -1.85. The van der Waals surface area contributed by atoms with Crippen molar-refractivity contribution in [1.29, 1.82) is 0 Å². The summed E-state index contributed by atoms with van der Waals surface area (Å²) in [5.41, 5.74) is 3.12. The number of anilines is 1. The molecular formula is C22H23F3N8O2.